The van der Waals surface area contributed by atoms with Crippen molar-refractivity contribution in [3.63, 3.8) is 0 Å². The van der Waals surface area contributed by atoms with Crippen LogP contribution in [0.15, 0.2) is 84.6 Å². The molecule has 0 aliphatic carbocycles. The predicted molar refractivity (Wildman–Crippen MR) is 137 cm³/mol. The molecule has 1 atom stereocenters. The highest BCUT2D eigenvalue weighted by molar-refractivity contribution is 6.46. The Bertz CT molecular complexity index is 1450. The van der Waals surface area contributed by atoms with Gasteiger partial charge >= 0.3 is 0 Å². The highest BCUT2D eigenvalue weighted by Gasteiger charge is 2.45. The second-order valence-electron chi connectivity index (χ2n) is 8.61. The molecule has 0 radical (unpaired) electrons. The smallest absolute Gasteiger partial charge is 0.295 e. The summed E-state index contributed by atoms with van der Waals surface area (Å²) in [4.78, 5) is 31.3. The van der Waals surface area contributed by atoms with Crippen molar-refractivity contribution in [3.8, 4) is 11.5 Å². The third kappa shape index (κ3) is 4.09. The third-order valence-electron chi connectivity index (χ3n) is 6.62. The van der Waals surface area contributed by atoms with E-state index in [1.54, 1.807) is 50.6 Å². The maximum absolute atomic E-state index is 13.3. The van der Waals surface area contributed by atoms with Crippen LogP contribution in [0, 0.1) is 0 Å². The van der Waals surface area contributed by atoms with Crippen molar-refractivity contribution in [2.75, 3.05) is 20.8 Å². The second-order valence-corrected chi connectivity index (χ2v) is 8.61. The van der Waals surface area contributed by atoms with Gasteiger partial charge in [0, 0.05) is 29.2 Å². The van der Waals surface area contributed by atoms with E-state index in [9.17, 15) is 14.7 Å². The number of hydrogen-bond donors (Lipinski definition) is 2. The molecule has 4 aromatic rings. The Labute approximate surface area is 208 Å². The Hall–Kier alpha value is -4.52. The van der Waals surface area contributed by atoms with Gasteiger partial charge in [-0.25, -0.2) is 0 Å². The van der Waals surface area contributed by atoms with E-state index in [1.165, 1.54) is 4.90 Å². The van der Waals surface area contributed by atoms with E-state index < -0.39 is 17.7 Å². The number of H-pyrrole nitrogens is 1. The normalized spacial score (nSPS) is 17.1. The van der Waals surface area contributed by atoms with Crippen LogP contribution in [-0.4, -0.2) is 47.4 Å². The number of benzene rings is 3. The summed E-state index contributed by atoms with van der Waals surface area (Å²) >= 11 is 0. The number of methoxy groups -OCH3 is 2. The van der Waals surface area contributed by atoms with Crippen molar-refractivity contribution >= 4 is 28.4 Å². The van der Waals surface area contributed by atoms with E-state index in [1.807, 2.05) is 42.6 Å². The Morgan fingerprint density at radius 1 is 0.944 bits per heavy atom. The van der Waals surface area contributed by atoms with Gasteiger partial charge in [-0.05, 0) is 47.9 Å². The monoisotopic (exact) mass is 482 g/mol. The molecule has 1 aromatic heterocycles. The fourth-order valence-electron chi connectivity index (χ4n) is 4.73. The van der Waals surface area contributed by atoms with Crippen molar-refractivity contribution in [3.05, 3.63) is 101 Å². The van der Waals surface area contributed by atoms with Crippen LogP contribution in [0.4, 0.5) is 0 Å². The molecule has 0 spiro atoms. The van der Waals surface area contributed by atoms with E-state index in [-0.39, 0.29) is 17.9 Å². The maximum Gasteiger partial charge on any atom is 0.295 e. The number of aliphatic hydroxyl groups excluding tert-OH is 1. The Morgan fingerprint density at radius 2 is 1.64 bits per heavy atom. The number of carbonyl (C=O) groups excluding carboxylic acids is 2. The number of aromatic nitrogens is 1. The number of aliphatic hydroxyl groups is 1. The number of carbonyl (C=O) groups is 2. The molecular weight excluding hydrogens is 456 g/mol. The number of fused-ring (bicyclic) bond motifs is 1. The van der Waals surface area contributed by atoms with Gasteiger partial charge in [0.2, 0.25) is 0 Å². The highest BCUT2D eigenvalue weighted by Crippen LogP contribution is 2.40. The predicted octanol–water partition coefficient (Wildman–Crippen LogP) is 4.85. The van der Waals surface area contributed by atoms with Crippen LogP contribution < -0.4 is 9.47 Å². The van der Waals surface area contributed by atoms with Crippen LogP contribution >= 0.6 is 0 Å². The van der Waals surface area contributed by atoms with E-state index in [2.05, 4.69) is 4.98 Å². The molecule has 1 aliphatic rings. The molecular formula is C29H26N2O5. The van der Waals surface area contributed by atoms with Gasteiger partial charge in [-0.2, -0.15) is 0 Å². The zero-order valence-electron chi connectivity index (χ0n) is 20.0. The van der Waals surface area contributed by atoms with Crippen LogP contribution in [-0.2, 0) is 16.0 Å². The average Bonchev–Trinajstić information content (AvgIpc) is 3.44. The van der Waals surface area contributed by atoms with Crippen molar-refractivity contribution in [1.29, 1.82) is 0 Å². The third-order valence-corrected chi connectivity index (χ3v) is 6.62. The van der Waals surface area contributed by atoms with Gasteiger partial charge < -0.3 is 24.5 Å². The molecule has 3 aromatic carbocycles. The molecule has 1 fully saturated rings. The molecule has 5 rings (SSSR count). The zero-order chi connectivity index (χ0) is 25.2. The summed E-state index contributed by atoms with van der Waals surface area (Å²) in [5.74, 6) is -0.117. The molecule has 182 valence electrons. The van der Waals surface area contributed by atoms with E-state index >= 15 is 0 Å². The molecule has 1 saturated heterocycles. The van der Waals surface area contributed by atoms with Gasteiger partial charge in [0.05, 0.1) is 25.8 Å². The first-order valence-electron chi connectivity index (χ1n) is 11.6. The first-order chi connectivity index (χ1) is 17.5. The van der Waals surface area contributed by atoms with Gasteiger partial charge in [0.25, 0.3) is 11.7 Å². The molecule has 2 heterocycles. The maximum atomic E-state index is 13.3. The summed E-state index contributed by atoms with van der Waals surface area (Å²) in [6.07, 6.45) is 2.42. The summed E-state index contributed by atoms with van der Waals surface area (Å²) < 4.78 is 10.6. The standard InChI is InChI=1S/C29H26N2O5/c1-35-21-10-8-18(9-11-21)26-25(27(32)19-6-4-3-5-7-19)28(33)29(34)31(26)15-14-20-17-30-24-13-12-22(36-2)16-23(20)24/h3-13,16-17,26,30,32H,14-15H2,1-2H3/t26-/m1/s1. The lowest BCUT2D eigenvalue weighted by Crippen LogP contribution is -2.31. The largest absolute Gasteiger partial charge is 0.507 e. The van der Waals surface area contributed by atoms with Gasteiger partial charge in [-0.3, -0.25) is 9.59 Å². The Kier molecular flexibility index (Phi) is 6.21. The van der Waals surface area contributed by atoms with Crippen LogP contribution in [0.3, 0.4) is 0 Å². The van der Waals surface area contributed by atoms with Gasteiger partial charge in [0.1, 0.15) is 17.3 Å². The number of nitrogens with one attached hydrogen (secondary N) is 1. The molecule has 0 bridgehead atoms. The molecule has 2 N–H and O–H groups in total. The minimum absolute atomic E-state index is 0.0805. The number of likely N-dealkylation sites (tertiary alicyclic amines) is 1. The Balaban J connectivity index is 1.55. The summed E-state index contributed by atoms with van der Waals surface area (Å²) in [5, 5.41) is 12.1. The lowest BCUT2D eigenvalue weighted by molar-refractivity contribution is -0.139. The molecule has 7 heteroatoms. The van der Waals surface area contributed by atoms with Crippen molar-refractivity contribution in [2.45, 2.75) is 12.5 Å². The van der Waals surface area contributed by atoms with Crippen LogP contribution in [0.2, 0.25) is 0 Å². The lowest BCUT2D eigenvalue weighted by atomic mass is 9.95. The van der Waals surface area contributed by atoms with Crippen LogP contribution in [0.5, 0.6) is 11.5 Å². The molecule has 7 nitrogen and oxygen atoms in total. The summed E-state index contributed by atoms with van der Waals surface area (Å²) in [6.45, 7) is 0.289. The summed E-state index contributed by atoms with van der Waals surface area (Å²) in [5.41, 5.74) is 3.24. The molecule has 0 saturated carbocycles. The molecule has 1 aliphatic heterocycles. The number of hydrogen-bond acceptors (Lipinski definition) is 5. The van der Waals surface area contributed by atoms with Gasteiger partial charge in [-0.1, -0.05) is 42.5 Å². The number of nitrogens with zero attached hydrogens (tertiary/aromatic N) is 1. The lowest BCUT2D eigenvalue weighted by Gasteiger charge is -2.25. The molecule has 0 unspecified atom stereocenters. The first kappa shape index (κ1) is 23.2. The van der Waals surface area contributed by atoms with E-state index in [0.717, 1.165) is 22.2 Å². The number of ether oxygens (including phenoxy) is 2. The average molecular weight is 483 g/mol. The summed E-state index contributed by atoms with van der Waals surface area (Å²) in [7, 11) is 3.20. The van der Waals surface area contributed by atoms with Gasteiger partial charge in [-0.15, -0.1) is 0 Å². The molecule has 36 heavy (non-hydrogen) atoms. The van der Waals surface area contributed by atoms with Gasteiger partial charge in [0.15, 0.2) is 0 Å². The second kappa shape index (κ2) is 9.62. The topological polar surface area (TPSA) is 91.9 Å². The van der Waals surface area contributed by atoms with E-state index in [4.69, 9.17) is 9.47 Å². The van der Waals surface area contributed by atoms with E-state index in [0.29, 0.717) is 23.3 Å². The minimum Gasteiger partial charge on any atom is -0.507 e. The molecule has 1 amide bonds. The van der Waals surface area contributed by atoms with Crippen LogP contribution in [0.25, 0.3) is 16.7 Å². The number of ketones is 1. The fourth-order valence-corrected chi connectivity index (χ4v) is 4.73. The SMILES string of the molecule is COc1ccc([C@@H]2C(=C(O)c3ccccc3)C(=O)C(=O)N2CCc2c[nH]c3ccc(OC)cc23)cc1. The van der Waals surface area contributed by atoms with Crippen LogP contribution in [0.1, 0.15) is 22.7 Å². The number of aromatic amines is 1. The number of rotatable bonds is 7. The van der Waals surface area contributed by atoms with Crippen molar-refractivity contribution in [2.24, 2.45) is 0 Å². The Morgan fingerprint density at radius 3 is 2.33 bits per heavy atom. The number of Topliss-reactive ketones (excluding diaryl/α,β-unsaturated/α-hetero) is 1. The quantitative estimate of drug-likeness (QED) is 0.223. The van der Waals surface area contributed by atoms with Crippen molar-refractivity contribution in [1.82, 2.24) is 9.88 Å². The number of amides is 1. The summed E-state index contributed by atoms with van der Waals surface area (Å²) in [6, 6.07) is 21.1. The van der Waals surface area contributed by atoms with Crippen molar-refractivity contribution < 1.29 is 24.2 Å². The minimum atomic E-state index is -0.726. The fraction of sp³-hybridized carbons (Fsp3) is 0.172. The first-order valence-corrected chi connectivity index (χ1v) is 11.6. The zero-order valence-corrected chi connectivity index (χ0v) is 20.0. The highest BCUT2D eigenvalue weighted by atomic mass is 16.5.